The summed E-state index contributed by atoms with van der Waals surface area (Å²) in [4.78, 5) is 23.1. The lowest BCUT2D eigenvalue weighted by atomic mass is 10.1. The number of sulfone groups is 1. The van der Waals surface area contributed by atoms with Gasteiger partial charge in [0.15, 0.2) is 9.84 Å². The second-order valence-electron chi connectivity index (χ2n) is 3.15. The maximum atomic E-state index is 11.4. The van der Waals surface area contributed by atoms with Gasteiger partial charge in [-0.3, -0.25) is 14.5 Å². The Balaban J connectivity index is 2.45. The Labute approximate surface area is 86.1 Å². The van der Waals surface area contributed by atoms with Gasteiger partial charge in [-0.2, -0.15) is 0 Å². The van der Waals surface area contributed by atoms with Crippen molar-refractivity contribution in [2.45, 2.75) is 11.8 Å². The highest BCUT2D eigenvalue weighted by molar-refractivity contribution is 7.97. The maximum Gasteiger partial charge on any atom is 0.232 e. The summed E-state index contributed by atoms with van der Waals surface area (Å²) in [5.74, 6) is -0.532. The molecule has 0 saturated carbocycles. The molecule has 1 saturated heterocycles. The first-order chi connectivity index (χ1) is 6.43. The van der Waals surface area contributed by atoms with E-state index in [9.17, 15) is 18.0 Å². The summed E-state index contributed by atoms with van der Waals surface area (Å²) in [5.41, 5.74) is 0.0874. The quantitative estimate of drug-likeness (QED) is 0.481. The van der Waals surface area contributed by atoms with Gasteiger partial charge < -0.3 is 0 Å². The lowest BCUT2D eigenvalue weighted by molar-refractivity contribution is -0.140. The number of amides is 1. The fourth-order valence-corrected chi connectivity index (χ4v) is 3.32. The monoisotopic (exact) mass is 233 g/mol. The number of carbonyl (C=O) groups excluding carboxylic acids is 2. The smallest absolute Gasteiger partial charge is 0.232 e. The van der Waals surface area contributed by atoms with E-state index in [1.807, 2.05) is 0 Å². The number of hydrogen-bond donors (Lipinski definition) is 1. The summed E-state index contributed by atoms with van der Waals surface area (Å²) in [6.45, 7) is 0. The molecule has 0 N–H and O–H groups in total. The van der Waals surface area contributed by atoms with E-state index in [0.29, 0.717) is 0 Å². The summed E-state index contributed by atoms with van der Waals surface area (Å²) in [6, 6.07) is 0. The molecular formula is C7H7NO4S2. The zero-order chi connectivity index (χ0) is 10.5. The molecule has 76 valence electrons. The Bertz CT molecular complexity index is 450. The van der Waals surface area contributed by atoms with Crippen LogP contribution < -0.4 is 0 Å². The van der Waals surface area contributed by atoms with Crippen LogP contribution in [0.25, 0.3) is 0 Å². The lowest BCUT2D eigenvalue weighted by Gasteiger charge is -2.42. The molecule has 0 bridgehead atoms. The molecule has 2 rings (SSSR count). The Hall–Kier alpha value is -0.820. The van der Waals surface area contributed by atoms with Crippen LogP contribution in [0.5, 0.6) is 0 Å². The molecule has 0 spiro atoms. The molecule has 0 radical (unpaired) electrons. The number of fused-ring (bicyclic) bond motifs is 1. The largest absolute Gasteiger partial charge is 0.290 e. The summed E-state index contributed by atoms with van der Waals surface area (Å²) < 4.78 is 22.8. The molecule has 1 fully saturated rings. The van der Waals surface area contributed by atoms with E-state index in [1.54, 1.807) is 0 Å². The Kier molecular flexibility index (Phi) is 1.97. The molecule has 0 unspecified atom stereocenters. The average Bonchev–Trinajstić information content (AvgIpc) is 2.05. The number of carbonyl (C=O) groups is 2. The summed E-state index contributed by atoms with van der Waals surface area (Å²) in [5, 5.41) is -1.41. The van der Waals surface area contributed by atoms with Crippen LogP contribution in [0.2, 0.25) is 0 Å². The first kappa shape index (κ1) is 9.72. The maximum absolute atomic E-state index is 11.4. The number of hydrogen-bond acceptors (Lipinski definition) is 4. The van der Waals surface area contributed by atoms with Gasteiger partial charge in [0, 0.05) is 0 Å². The van der Waals surface area contributed by atoms with Crippen molar-refractivity contribution in [2.75, 3.05) is 5.75 Å². The highest BCUT2D eigenvalue weighted by atomic mass is 32.2. The minimum Gasteiger partial charge on any atom is -0.290 e. The lowest BCUT2D eigenvalue weighted by Crippen LogP contribution is -2.58. The van der Waals surface area contributed by atoms with Crippen molar-refractivity contribution in [3.63, 3.8) is 0 Å². The first-order valence-electron chi connectivity index (χ1n) is 3.90. The minimum absolute atomic E-state index is 0.0271. The van der Waals surface area contributed by atoms with Crippen LogP contribution in [-0.4, -0.2) is 35.5 Å². The van der Waals surface area contributed by atoms with Crippen molar-refractivity contribution < 1.29 is 18.0 Å². The van der Waals surface area contributed by atoms with Crippen molar-refractivity contribution in [3.8, 4) is 0 Å². The van der Waals surface area contributed by atoms with Crippen molar-refractivity contribution in [2.24, 2.45) is 0 Å². The van der Waals surface area contributed by atoms with Crippen LogP contribution in [0, 0.1) is 0 Å². The van der Waals surface area contributed by atoms with Gasteiger partial charge in [0.05, 0.1) is 17.9 Å². The standard InChI is InChI=1S/C7H7NO4S2/c9-5-3-6-8(5)4(7(10)13)1-2-14(6,11)12/h1,6H,2-3H2,(H,10,13)/t6-/m0/s1. The van der Waals surface area contributed by atoms with E-state index in [0.717, 1.165) is 4.90 Å². The third kappa shape index (κ3) is 1.19. The van der Waals surface area contributed by atoms with E-state index >= 15 is 0 Å². The number of β-lactam (4-membered cyclic amide) rings is 1. The number of nitrogens with zero attached hydrogens (tertiary/aromatic N) is 1. The van der Waals surface area contributed by atoms with Crippen LogP contribution in [0.15, 0.2) is 11.8 Å². The van der Waals surface area contributed by atoms with Gasteiger partial charge in [0.25, 0.3) is 0 Å². The van der Waals surface area contributed by atoms with Crippen molar-refractivity contribution in [1.29, 1.82) is 0 Å². The second-order valence-corrected chi connectivity index (χ2v) is 5.76. The van der Waals surface area contributed by atoms with Crippen molar-refractivity contribution in [1.82, 2.24) is 4.90 Å². The van der Waals surface area contributed by atoms with E-state index < -0.39 is 20.3 Å². The molecular weight excluding hydrogens is 226 g/mol. The molecule has 2 heterocycles. The Morgan fingerprint density at radius 2 is 2.21 bits per heavy atom. The molecule has 0 aliphatic carbocycles. The summed E-state index contributed by atoms with van der Waals surface area (Å²) in [7, 11) is -3.28. The third-order valence-electron chi connectivity index (χ3n) is 2.31. The normalized spacial score (nSPS) is 28.9. The third-order valence-corrected chi connectivity index (χ3v) is 4.38. The summed E-state index contributed by atoms with van der Waals surface area (Å²) >= 11 is 3.58. The SMILES string of the molecule is O=C(S)C1=CCS(=O)(=O)[C@H]2CC(=O)N12. The number of thiol groups is 1. The van der Waals surface area contributed by atoms with Gasteiger partial charge in [-0.15, -0.1) is 0 Å². The molecule has 2 aliphatic heterocycles. The number of rotatable bonds is 1. The van der Waals surface area contributed by atoms with Gasteiger partial charge in [-0.25, -0.2) is 8.42 Å². The Morgan fingerprint density at radius 1 is 1.57 bits per heavy atom. The van der Waals surface area contributed by atoms with Crippen molar-refractivity contribution in [3.05, 3.63) is 11.8 Å². The molecule has 0 aromatic carbocycles. The van der Waals surface area contributed by atoms with E-state index in [2.05, 4.69) is 12.6 Å². The fraction of sp³-hybridized carbons (Fsp3) is 0.429. The first-order valence-corrected chi connectivity index (χ1v) is 6.07. The van der Waals surface area contributed by atoms with Crippen LogP contribution >= 0.6 is 12.6 Å². The predicted molar refractivity (Wildman–Crippen MR) is 51.1 cm³/mol. The highest BCUT2D eigenvalue weighted by Crippen LogP contribution is 2.33. The van der Waals surface area contributed by atoms with Crippen LogP contribution in [0.3, 0.4) is 0 Å². The Morgan fingerprint density at radius 3 is 2.71 bits per heavy atom. The zero-order valence-electron chi connectivity index (χ0n) is 7.00. The van der Waals surface area contributed by atoms with Crippen LogP contribution in [0.1, 0.15) is 6.42 Å². The molecule has 14 heavy (non-hydrogen) atoms. The minimum atomic E-state index is -3.28. The molecule has 1 amide bonds. The summed E-state index contributed by atoms with van der Waals surface area (Å²) in [6.07, 6.45) is 1.21. The van der Waals surface area contributed by atoms with Crippen molar-refractivity contribution >= 4 is 33.5 Å². The molecule has 0 aromatic rings. The predicted octanol–water partition coefficient (Wildman–Crippen LogP) is -0.687. The zero-order valence-corrected chi connectivity index (χ0v) is 8.72. The highest BCUT2D eigenvalue weighted by Gasteiger charge is 2.49. The van der Waals surface area contributed by atoms with E-state index in [4.69, 9.17) is 0 Å². The van der Waals surface area contributed by atoms with Crippen LogP contribution in [0.4, 0.5) is 0 Å². The second kappa shape index (κ2) is 2.83. The van der Waals surface area contributed by atoms with Gasteiger partial charge >= 0.3 is 0 Å². The average molecular weight is 233 g/mol. The van der Waals surface area contributed by atoms with Gasteiger partial charge in [-0.1, -0.05) is 12.6 Å². The topological polar surface area (TPSA) is 71.5 Å². The molecule has 1 atom stereocenters. The molecule has 7 heteroatoms. The molecule has 0 aromatic heterocycles. The van der Waals surface area contributed by atoms with Gasteiger partial charge in [0.2, 0.25) is 11.0 Å². The van der Waals surface area contributed by atoms with Gasteiger partial charge in [0.1, 0.15) is 5.37 Å². The fourth-order valence-electron chi connectivity index (χ4n) is 1.56. The molecule has 2 aliphatic rings. The van der Waals surface area contributed by atoms with Gasteiger partial charge in [-0.05, 0) is 6.08 Å². The van der Waals surface area contributed by atoms with E-state index in [-0.39, 0.29) is 23.8 Å². The van der Waals surface area contributed by atoms with E-state index in [1.165, 1.54) is 6.08 Å². The van der Waals surface area contributed by atoms with Crippen LogP contribution in [-0.2, 0) is 19.4 Å². The molecule has 5 nitrogen and oxygen atoms in total.